The van der Waals surface area contributed by atoms with Gasteiger partial charge >= 0.3 is 5.97 Å². The number of likely N-dealkylation sites (tertiary alicyclic amines) is 1. The fourth-order valence-electron chi connectivity index (χ4n) is 4.67. The van der Waals surface area contributed by atoms with Gasteiger partial charge in [-0.3, -0.25) is 9.69 Å². The van der Waals surface area contributed by atoms with E-state index in [0.717, 1.165) is 6.26 Å². The molecule has 1 spiro atoms. The van der Waals surface area contributed by atoms with E-state index in [4.69, 9.17) is 22.1 Å². The van der Waals surface area contributed by atoms with Crippen LogP contribution in [0.5, 0.6) is 0 Å². The van der Waals surface area contributed by atoms with Crippen LogP contribution in [0.15, 0.2) is 53.6 Å². The minimum Gasteiger partial charge on any atom is -0.507 e. The number of amides is 1. The summed E-state index contributed by atoms with van der Waals surface area (Å²) in [7, 11) is -3.42. The standard InChI is InChI=1S/C25H25ClN2O6S/c1-3-15-11-18(16-6-4-7-17(10-16)35(2,32)33)20(26)12-19(15)22-23(30)25(34-24(22)31)8-5-9-28(14-25)13-21(27)29/h3-4,6-7,10-12,30H,1,5,8-9,13-14H2,2H3,(H2,27,29). The van der Waals surface area contributed by atoms with Crippen molar-refractivity contribution in [3.8, 4) is 11.1 Å². The Kier molecular flexibility index (Phi) is 6.52. The number of carbonyl (C=O) groups is 2. The number of sulfone groups is 1. The Balaban J connectivity index is 1.79. The number of aliphatic hydroxyl groups is 1. The zero-order valence-corrected chi connectivity index (χ0v) is 20.7. The number of benzene rings is 2. The predicted octanol–water partition coefficient (Wildman–Crippen LogP) is 3.20. The number of esters is 1. The highest BCUT2D eigenvalue weighted by Gasteiger charge is 2.51. The van der Waals surface area contributed by atoms with Crippen molar-refractivity contribution in [3.05, 3.63) is 64.9 Å². The molecule has 1 unspecified atom stereocenters. The number of halogens is 1. The molecule has 1 amide bonds. The lowest BCUT2D eigenvalue weighted by atomic mass is 9.87. The summed E-state index contributed by atoms with van der Waals surface area (Å²) in [5, 5.41) is 11.5. The van der Waals surface area contributed by atoms with Crippen molar-refractivity contribution < 1.29 is 27.9 Å². The highest BCUT2D eigenvalue weighted by Crippen LogP contribution is 2.44. The molecule has 35 heavy (non-hydrogen) atoms. The van der Waals surface area contributed by atoms with Gasteiger partial charge in [-0.1, -0.05) is 36.4 Å². The number of nitrogens with zero attached hydrogens (tertiary/aromatic N) is 1. The number of nitrogens with two attached hydrogens (primary N) is 1. The van der Waals surface area contributed by atoms with Crippen LogP contribution in [-0.2, 0) is 24.2 Å². The number of aliphatic hydroxyl groups excluding tert-OH is 1. The summed E-state index contributed by atoms with van der Waals surface area (Å²) in [6, 6.07) is 9.60. The zero-order valence-electron chi connectivity index (χ0n) is 19.1. The largest absolute Gasteiger partial charge is 0.507 e. The molecule has 0 aromatic heterocycles. The molecule has 1 saturated heterocycles. The molecule has 10 heteroatoms. The summed E-state index contributed by atoms with van der Waals surface area (Å²) in [4.78, 5) is 26.3. The van der Waals surface area contributed by atoms with E-state index in [1.54, 1.807) is 23.1 Å². The molecular formula is C25H25ClN2O6S. The third-order valence-electron chi connectivity index (χ3n) is 6.28. The van der Waals surface area contributed by atoms with E-state index in [1.165, 1.54) is 24.3 Å². The first-order valence-electron chi connectivity index (χ1n) is 10.9. The maximum atomic E-state index is 13.0. The number of carbonyl (C=O) groups excluding carboxylic acids is 2. The highest BCUT2D eigenvalue weighted by molar-refractivity contribution is 7.90. The van der Waals surface area contributed by atoms with Crippen molar-refractivity contribution in [3.63, 3.8) is 0 Å². The van der Waals surface area contributed by atoms with Crippen molar-refractivity contribution >= 4 is 45.0 Å². The Morgan fingerprint density at radius 1 is 1.31 bits per heavy atom. The van der Waals surface area contributed by atoms with Crippen molar-refractivity contribution in [2.45, 2.75) is 23.3 Å². The van der Waals surface area contributed by atoms with Gasteiger partial charge in [-0.25, -0.2) is 13.2 Å². The number of piperidine rings is 1. The van der Waals surface area contributed by atoms with E-state index < -0.39 is 27.3 Å². The lowest BCUT2D eigenvalue weighted by Crippen LogP contribution is -2.51. The van der Waals surface area contributed by atoms with Crippen LogP contribution < -0.4 is 5.73 Å². The third-order valence-corrected chi connectivity index (χ3v) is 7.70. The molecule has 2 aromatic carbocycles. The summed E-state index contributed by atoms with van der Waals surface area (Å²) in [6.07, 6.45) is 3.65. The molecule has 0 radical (unpaired) electrons. The maximum absolute atomic E-state index is 13.0. The monoisotopic (exact) mass is 516 g/mol. The predicted molar refractivity (Wildman–Crippen MR) is 133 cm³/mol. The highest BCUT2D eigenvalue weighted by atomic mass is 35.5. The van der Waals surface area contributed by atoms with E-state index >= 15 is 0 Å². The number of primary amides is 1. The summed E-state index contributed by atoms with van der Waals surface area (Å²) in [5.74, 6) is -1.43. The topological polar surface area (TPSA) is 127 Å². The summed E-state index contributed by atoms with van der Waals surface area (Å²) in [6.45, 7) is 4.56. The van der Waals surface area contributed by atoms with Crippen LogP contribution in [0.25, 0.3) is 22.8 Å². The van der Waals surface area contributed by atoms with E-state index in [2.05, 4.69) is 6.58 Å². The summed E-state index contributed by atoms with van der Waals surface area (Å²) >= 11 is 6.59. The SMILES string of the molecule is C=Cc1cc(-c2cccc(S(C)(=O)=O)c2)c(Cl)cc1C1=C(O)C2(CCCN(CC(N)=O)C2)OC1=O. The van der Waals surface area contributed by atoms with Crippen LogP contribution in [0, 0.1) is 0 Å². The first-order chi connectivity index (χ1) is 16.4. The Hall–Kier alpha value is -3.14. The van der Waals surface area contributed by atoms with E-state index in [0.29, 0.717) is 41.6 Å². The molecule has 1 fully saturated rings. The first kappa shape index (κ1) is 25.0. The smallest absolute Gasteiger partial charge is 0.343 e. The minimum atomic E-state index is -3.42. The van der Waals surface area contributed by atoms with Crippen LogP contribution in [0.4, 0.5) is 0 Å². The van der Waals surface area contributed by atoms with Crippen molar-refractivity contribution in [2.24, 2.45) is 5.73 Å². The Morgan fingerprint density at radius 2 is 2.06 bits per heavy atom. The molecule has 4 rings (SSSR count). The van der Waals surface area contributed by atoms with Crippen LogP contribution in [0.3, 0.4) is 0 Å². The Labute approximate surface area is 208 Å². The number of ether oxygens (including phenoxy) is 1. The molecular weight excluding hydrogens is 492 g/mol. The number of hydrogen-bond donors (Lipinski definition) is 2. The molecule has 184 valence electrons. The summed E-state index contributed by atoms with van der Waals surface area (Å²) < 4.78 is 29.7. The van der Waals surface area contributed by atoms with Crippen molar-refractivity contribution in [1.82, 2.24) is 4.90 Å². The van der Waals surface area contributed by atoms with Gasteiger partial charge in [0.2, 0.25) is 5.91 Å². The van der Waals surface area contributed by atoms with Gasteiger partial charge in [0, 0.05) is 29.0 Å². The van der Waals surface area contributed by atoms with Gasteiger partial charge < -0.3 is 15.6 Å². The second-order valence-electron chi connectivity index (χ2n) is 8.81. The Morgan fingerprint density at radius 3 is 2.71 bits per heavy atom. The molecule has 2 aromatic rings. The van der Waals surface area contributed by atoms with Crippen molar-refractivity contribution in [1.29, 1.82) is 0 Å². The van der Waals surface area contributed by atoms with E-state index in [-0.39, 0.29) is 34.3 Å². The molecule has 0 saturated carbocycles. The molecule has 1 atom stereocenters. The van der Waals surface area contributed by atoms with E-state index in [1.807, 2.05) is 0 Å². The lowest BCUT2D eigenvalue weighted by molar-refractivity contribution is -0.151. The van der Waals surface area contributed by atoms with Gasteiger partial charge in [0.1, 0.15) is 5.57 Å². The maximum Gasteiger partial charge on any atom is 0.343 e. The average Bonchev–Trinajstić information content (AvgIpc) is 3.01. The van der Waals surface area contributed by atoms with Gasteiger partial charge in [-0.05, 0) is 54.8 Å². The molecule has 8 nitrogen and oxygen atoms in total. The van der Waals surface area contributed by atoms with Gasteiger partial charge in [0.25, 0.3) is 0 Å². The summed E-state index contributed by atoms with van der Waals surface area (Å²) in [5.41, 5.74) is 6.01. The average molecular weight is 517 g/mol. The van der Waals surface area contributed by atoms with Crippen LogP contribution in [0.2, 0.25) is 5.02 Å². The third kappa shape index (κ3) is 4.71. The van der Waals surface area contributed by atoms with Gasteiger partial charge in [-0.2, -0.15) is 0 Å². The van der Waals surface area contributed by atoms with Crippen LogP contribution in [0.1, 0.15) is 24.0 Å². The second-order valence-corrected chi connectivity index (χ2v) is 11.2. The van der Waals surface area contributed by atoms with Gasteiger partial charge in [0.15, 0.2) is 21.2 Å². The zero-order chi connectivity index (χ0) is 25.5. The minimum absolute atomic E-state index is 0.00705. The van der Waals surface area contributed by atoms with E-state index in [9.17, 15) is 23.1 Å². The molecule has 2 aliphatic rings. The van der Waals surface area contributed by atoms with Gasteiger partial charge in [-0.15, -0.1) is 0 Å². The lowest BCUT2D eigenvalue weighted by Gasteiger charge is -2.38. The molecule has 3 N–H and O–H groups in total. The second kappa shape index (κ2) is 9.14. The first-order valence-corrected chi connectivity index (χ1v) is 13.2. The number of hydrogen-bond acceptors (Lipinski definition) is 7. The molecule has 2 aliphatic heterocycles. The molecule has 0 bridgehead atoms. The normalized spacial score (nSPS) is 20.8. The molecule has 2 heterocycles. The fourth-order valence-corrected chi connectivity index (χ4v) is 5.61. The molecule has 0 aliphatic carbocycles. The number of rotatable bonds is 6. The fraction of sp³-hybridized carbons (Fsp3) is 0.280. The Bertz CT molecular complexity index is 1380. The van der Waals surface area contributed by atoms with Gasteiger partial charge in [0.05, 0.1) is 11.4 Å². The van der Waals surface area contributed by atoms with Crippen LogP contribution >= 0.6 is 11.6 Å². The van der Waals surface area contributed by atoms with Crippen molar-refractivity contribution in [2.75, 3.05) is 25.9 Å². The van der Waals surface area contributed by atoms with Crippen LogP contribution in [-0.4, -0.2) is 61.8 Å². The quantitative estimate of drug-likeness (QED) is 0.564.